The molecule has 1 rings (SSSR count). The minimum absolute atomic E-state index is 0. The molecule has 0 aliphatic rings. The van der Waals surface area contributed by atoms with Gasteiger partial charge in [0.25, 0.3) is 0 Å². The number of hydrogen-bond donors (Lipinski definition) is 1. The van der Waals surface area contributed by atoms with E-state index in [1.54, 1.807) is 7.05 Å². The number of alkyl halides is 3. The van der Waals surface area contributed by atoms with Gasteiger partial charge in [0, 0.05) is 12.7 Å². The Balaban J connectivity index is 0.00000169. The van der Waals surface area contributed by atoms with Crippen LogP contribution < -0.4 is 10.1 Å². The van der Waals surface area contributed by atoms with E-state index in [0.29, 0.717) is 0 Å². The van der Waals surface area contributed by atoms with Gasteiger partial charge < -0.3 is 10.1 Å². The standard InChI is InChI=1S/C8H8F3NO.ClH/c1-12-6-2-4-7(5-3-6)13-8(9,10)11;/h2-5,12H,1H3;1H. The highest BCUT2D eigenvalue weighted by molar-refractivity contribution is 5.85. The molecule has 0 atom stereocenters. The molecule has 1 N–H and O–H groups in total. The number of hydrogen-bond acceptors (Lipinski definition) is 2. The number of ether oxygens (including phenoxy) is 1. The second-order valence-electron chi connectivity index (χ2n) is 2.32. The van der Waals surface area contributed by atoms with E-state index in [-0.39, 0.29) is 18.2 Å². The molecule has 2 nitrogen and oxygen atoms in total. The van der Waals surface area contributed by atoms with E-state index < -0.39 is 6.36 Å². The Morgan fingerprint density at radius 2 is 1.64 bits per heavy atom. The summed E-state index contributed by atoms with van der Waals surface area (Å²) in [5.74, 6) is -0.216. The van der Waals surface area contributed by atoms with Crippen LogP contribution >= 0.6 is 12.4 Å². The van der Waals surface area contributed by atoms with Gasteiger partial charge in [-0.05, 0) is 24.3 Å². The molecule has 6 heteroatoms. The molecule has 0 bridgehead atoms. The third-order valence-corrected chi connectivity index (χ3v) is 1.38. The van der Waals surface area contributed by atoms with Gasteiger partial charge in [0.1, 0.15) is 5.75 Å². The predicted molar refractivity (Wildman–Crippen MR) is 49.9 cm³/mol. The first kappa shape index (κ1) is 12.9. The van der Waals surface area contributed by atoms with Crippen LogP contribution in [0.3, 0.4) is 0 Å². The van der Waals surface area contributed by atoms with E-state index in [1.165, 1.54) is 24.3 Å². The van der Waals surface area contributed by atoms with Gasteiger partial charge in [-0.15, -0.1) is 25.6 Å². The molecule has 0 saturated heterocycles. The fourth-order valence-electron chi connectivity index (χ4n) is 0.823. The normalized spacial score (nSPS) is 10.3. The molecular formula is C8H9ClF3NO. The molecule has 0 amide bonds. The Hall–Kier alpha value is -1.10. The Kier molecular flexibility index (Phi) is 4.56. The maximum absolute atomic E-state index is 11.7. The van der Waals surface area contributed by atoms with Crippen molar-refractivity contribution in [3.63, 3.8) is 0 Å². The van der Waals surface area contributed by atoms with E-state index in [9.17, 15) is 13.2 Å². The van der Waals surface area contributed by atoms with Gasteiger partial charge in [-0.3, -0.25) is 0 Å². The Bertz CT molecular complexity index is 273. The summed E-state index contributed by atoms with van der Waals surface area (Å²) in [5.41, 5.74) is 0.731. The summed E-state index contributed by atoms with van der Waals surface area (Å²) in [4.78, 5) is 0. The average Bonchev–Trinajstić information content (AvgIpc) is 2.03. The second kappa shape index (κ2) is 4.95. The van der Waals surface area contributed by atoms with E-state index in [2.05, 4.69) is 10.1 Å². The zero-order valence-electron chi connectivity index (χ0n) is 7.26. The summed E-state index contributed by atoms with van der Waals surface area (Å²) < 4.78 is 38.7. The maximum Gasteiger partial charge on any atom is 0.573 e. The number of halogens is 4. The largest absolute Gasteiger partial charge is 0.573 e. The first-order valence-corrected chi connectivity index (χ1v) is 3.55. The number of rotatable bonds is 2. The molecule has 1 aromatic rings. The molecule has 0 radical (unpaired) electrons. The third-order valence-electron chi connectivity index (χ3n) is 1.38. The van der Waals surface area contributed by atoms with Crippen LogP contribution in [0.5, 0.6) is 5.75 Å². The van der Waals surface area contributed by atoms with Crippen LogP contribution in [0.2, 0.25) is 0 Å². The van der Waals surface area contributed by atoms with Crippen molar-refractivity contribution in [1.82, 2.24) is 0 Å². The SMILES string of the molecule is CNc1ccc(OC(F)(F)F)cc1.Cl. The van der Waals surface area contributed by atoms with Crippen molar-refractivity contribution in [2.45, 2.75) is 6.36 Å². The summed E-state index contributed by atoms with van der Waals surface area (Å²) in [6.45, 7) is 0. The van der Waals surface area contributed by atoms with Gasteiger partial charge in [-0.1, -0.05) is 0 Å². The van der Waals surface area contributed by atoms with Gasteiger partial charge >= 0.3 is 6.36 Å². The number of nitrogens with one attached hydrogen (secondary N) is 1. The highest BCUT2D eigenvalue weighted by Gasteiger charge is 2.30. The Morgan fingerprint density at radius 1 is 1.14 bits per heavy atom. The molecule has 0 fully saturated rings. The van der Waals surface area contributed by atoms with Crippen molar-refractivity contribution in [2.75, 3.05) is 12.4 Å². The van der Waals surface area contributed by atoms with Crippen LogP contribution in [0.4, 0.5) is 18.9 Å². The van der Waals surface area contributed by atoms with Gasteiger partial charge in [0.05, 0.1) is 0 Å². The zero-order chi connectivity index (χ0) is 9.90. The maximum atomic E-state index is 11.7. The van der Waals surface area contributed by atoms with Crippen LogP contribution in [0, 0.1) is 0 Å². The van der Waals surface area contributed by atoms with Crippen LogP contribution in [0.25, 0.3) is 0 Å². The molecule has 0 aliphatic carbocycles. The topological polar surface area (TPSA) is 21.3 Å². The summed E-state index contributed by atoms with van der Waals surface area (Å²) >= 11 is 0. The average molecular weight is 228 g/mol. The lowest BCUT2D eigenvalue weighted by molar-refractivity contribution is -0.274. The fourth-order valence-corrected chi connectivity index (χ4v) is 0.823. The first-order valence-electron chi connectivity index (χ1n) is 3.55. The summed E-state index contributed by atoms with van der Waals surface area (Å²) in [5, 5.41) is 2.78. The fraction of sp³-hybridized carbons (Fsp3) is 0.250. The third kappa shape index (κ3) is 4.23. The van der Waals surface area contributed by atoms with E-state index in [0.717, 1.165) is 5.69 Å². The summed E-state index contributed by atoms with van der Waals surface area (Å²) in [7, 11) is 1.68. The van der Waals surface area contributed by atoms with Crippen molar-refractivity contribution in [2.24, 2.45) is 0 Å². The highest BCUT2D eigenvalue weighted by atomic mass is 35.5. The summed E-state index contributed by atoms with van der Waals surface area (Å²) in [6, 6.07) is 5.50. The van der Waals surface area contributed by atoms with Crippen molar-refractivity contribution in [3.05, 3.63) is 24.3 Å². The van der Waals surface area contributed by atoms with Gasteiger partial charge in [-0.2, -0.15) is 0 Å². The second-order valence-corrected chi connectivity index (χ2v) is 2.32. The van der Waals surface area contributed by atoms with E-state index >= 15 is 0 Å². The lowest BCUT2D eigenvalue weighted by atomic mass is 10.3. The van der Waals surface area contributed by atoms with Crippen LogP contribution in [0.1, 0.15) is 0 Å². The zero-order valence-corrected chi connectivity index (χ0v) is 8.08. The van der Waals surface area contributed by atoms with Crippen molar-refractivity contribution in [1.29, 1.82) is 0 Å². The number of benzene rings is 1. The van der Waals surface area contributed by atoms with Crippen LogP contribution in [0.15, 0.2) is 24.3 Å². The minimum atomic E-state index is -4.62. The lowest BCUT2D eigenvalue weighted by Gasteiger charge is -2.08. The van der Waals surface area contributed by atoms with Crippen LogP contribution in [-0.2, 0) is 0 Å². The lowest BCUT2D eigenvalue weighted by Crippen LogP contribution is -2.16. The molecule has 80 valence electrons. The first-order chi connectivity index (χ1) is 6.01. The number of anilines is 1. The van der Waals surface area contributed by atoms with Crippen molar-refractivity contribution >= 4 is 18.1 Å². The monoisotopic (exact) mass is 227 g/mol. The molecule has 0 aromatic heterocycles. The highest BCUT2D eigenvalue weighted by Crippen LogP contribution is 2.23. The molecule has 1 aromatic carbocycles. The molecule has 0 aliphatic heterocycles. The molecular weight excluding hydrogens is 219 g/mol. The van der Waals surface area contributed by atoms with E-state index in [1.807, 2.05) is 0 Å². The summed E-state index contributed by atoms with van der Waals surface area (Å²) in [6.07, 6.45) is -4.62. The minimum Gasteiger partial charge on any atom is -0.406 e. The van der Waals surface area contributed by atoms with Gasteiger partial charge in [0.15, 0.2) is 0 Å². The van der Waals surface area contributed by atoms with Crippen LogP contribution in [-0.4, -0.2) is 13.4 Å². The van der Waals surface area contributed by atoms with Gasteiger partial charge in [0.2, 0.25) is 0 Å². The molecule has 0 saturated carbocycles. The van der Waals surface area contributed by atoms with Crippen molar-refractivity contribution in [3.8, 4) is 5.75 Å². The van der Waals surface area contributed by atoms with E-state index in [4.69, 9.17) is 0 Å². The smallest absolute Gasteiger partial charge is 0.406 e. The molecule has 0 heterocycles. The quantitative estimate of drug-likeness (QED) is 0.839. The van der Waals surface area contributed by atoms with Gasteiger partial charge in [-0.25, -0.2) is 0 Å². The Morgan fingerprint density at radius 3 is 2.00 bits per heavy atom. The molecule has 14 heavy (non-hydrogen) atoms. The Labute approximate surface area is 85.5 Å². The predicted octanol–water partition coefficient (Wildman–Crippen LogP) is 3.05. The molecule has 0 spiro atoms. The van der Waals surface area contributed by atoms with Crippen molar-refractivity contribution < 1.29 is 17.9 Å². The molecule has 0 unspecified atom stereocenters.